The van der Waals surface area contributed by atoms with E-state index in [1.165, 1.54) is 19.2 Å². The van der Waals surface area contributed by atoms with E-state index in [2.05, 4.69) is 10.0 Å². The second kappa shape index (κ2) is 9.05. The van der Waals surface area contributed by atoms with E-state index in [1.54, 1.807) is 42.6 Å². The molecule has 0 bridgehead atoms. The molecule has 0 aliphatic heterocycles. The van der Waals surface area contributed by atoms with Gasteiger partial charge < -0.3 is 10.1 Å². The van der Waals surface area contributed by atoms with Crippen molar-refractivity contribution < 1.29 is 22.7 Å². The average molecular weight is 481 g/mol. The summed E-state index contributed by atoms with van der Waals surface area (Å²) in [7, 11) is -2.59. The van der Waals surface area contributed by atoms with Crippen molar-refractivity contribution in [3.05, 3.63) is 88.8 Å². The molecule has 0 saturated heterocycles. The van der Waals surface area contributed by atoms with Crippen LogP contribution in [0.3, 0.4) is 0 Å². The average Bonchev–Trinajstić information content (AvgIpc) is 3.35. The van der Waals surface area contributed by atoms with Crippen LogP contribution in [0, 0.1) is 6.92 Å². The highest BCUT2D eigenvalue weighted by Gasteiger charge is 2.21. The number of esters is 1. The van der Waals surface area contributed by atoms with Crippen LogP contribution in [0.1, 0.15) is 26.3 Å². The molecule has 0 atom stereocenters. The molecule has 4 aromatic rings. The van der Waals surface area contributed by atoms with Crippen molar-refractivity contribution in [2.75, 3.05) is 17.1 Å². The number of ether oxygens (including phenoxy) is 1. The van der Waals surface area contributed by atoms with Gasteiger partial charge in [0.1, 0.15) is 4.21 Å². The Kier molecular flexibility index (Phi) is 6.17. The lowest BCUT2D eigenvalue weighted by molar-refractivity contribution is 0.0600. The molecule has 3 aromatic carbocycles. The van der Waals surface area contributed by atoms with Gasteiger partial charge in [-0.05, 0) is 59.0 Å². The van der Waals surface area contributed by atoms with Crippen molar-refractivity contribution >= 4 is 55.4 Å². The lowest BCUT2D eigenvalue weighted by atomic mass is 10.0. The van der Waals surface area contributed by atoms with Gasteiger partial charge in [0.15, 0.2) is 0 Å². The van der Waals surface area contributed by atoms with E-state index >= 15 is 0 Å². The van der Waals surface area contributed by atoms with Gasteiger partial charge in [-0.2, -0.15) is 0 Å². The summed E-state index contributed by atoms with van der Waals surface area (Å²) in [4.78, 5) is 25.2. The van der Waals surface area contributed by atoms with E-state index in [0.717, 1.165) is 27.7 Å². The minimum absolute atomic E-state index is 0.142. The fourth-order valence-electron chi connectivity index (χ4n) is 3.32. The maximum absolute atomic E-state index is 13.3. The number of carbonyl (C=O) groups excluding carboxylic acids is 2. The molecule has 7 nitrogen and oxygen atoms in total. The Morgan fingerprint density at radius 3 is 2.30 bits per heavy atom. The molecule has 0 spiro atoms. The lowest BCUT2D eigenvalue weighted by Gasteiger charge is -2.15. The number of sulfonamides is 1. The number of nitrogens with one attached hydrogen (secondary N) is 2. The van der Waals surface area contributed by atoms with Gasteiger partial charge in [-0.15, -0.1) is 11.3 Å². The molecule has 33 heavy (non-hydrogen) atoms. The van der Waals surface area contributed by atoms with Gasteiger partial charge in [0.25, 0.3) is 15.9 Å². The fourth-order valence-corrected chi connectivity index (χ4v) is 5.38. The highest BCUT2D eigenvalue weighted by Crippen LogP contribution is 2.29. The number of carbonyl (C=O) groups is 2. The van der Waals surface area contributed by atoms with Crippen LogP contribution in [0.4, 0.5) is 11.4 Å². The highest BCUT2D eigenvalue weighted by molar-refractivity contribution is 7.94. The quantitative estimate of drug-likeness (QED) is 0.376. The van der Waals surface area contributed by atoms with Crippen molar-refractivity contribution in [2.45, 2.75) is 11.1 Å². The topological polar surface area (TPSA) is 102 Å². The van der Waals surface area contributed by atoms with Crippen LogP contribution < -0.4 is 10.0 Å². The number of anilines is 2. The van der Waals surface area contributed by atoms with Gasteiger partial charge in [0.05, 0.1) is 23.9 Å². The third-order valence-corrected chi connectivity index (χ3v) is 7.80. The number of aryl methyl sites for hydroxylation is 1. The zero-order valence-electron chi connectivity index (χ0n) is 17.8. The number of fused-ring (bicyclic) bond motifs is 1. The summed E-state index contributed by atoms with van der Waals surface area (Å²) in [5.74, 6) is -1.05. The number of amides is 1. The second-order valence-electron chi connectivity index (χ2n) is 7.26. The van der Waals surface area contributed by atoms with Crippen LogP contribution in [0.25, 0.3) is 10.8 Å². The van der Waals surface area contributed by atoms with Crippen molar-refractivity contribution in [1.29, 1.82) is 0 Å². The normalized spacial score (nSPS) is 11.2. The summed E-state index contributed by atoms with van der Waals surface area (Å²) in [6.45, 7) is 1.79. The van der Waals surface area contributed by atoms with Crippen molar-refractivity contribution in [1.82, 2.24) is 0 Å². The Labute approximate surface area is 195 Å². The number of rotatable bonds is 6. The van der Waals surface area contributed by atoms with E-state index < -0.39 is 21.9 Å². The first-order valence-electron chi connectivity index (χ1n) is 9.88. The zero-order valence-corrected chi connectivity index (χ0v) is 19.4. The molecule has 1 aromatic heterocycles. The summed E-state index contributed by atoms with van der Waals surface area (Å²) in [5.41, 5.74) is 1.74. The Morgan fingerprint density at radius 1 is 0.909 bits per heavy atom. The fraction of sp³-hybridized carbons (Fsp3) is 0.0833. The summed E-state index contributed by atoms with van der Waals surface area (Å²) < 4.78 is 33.2. The second-order valence-corrected chi connectivity index (χ2v) is 10.1. The molecule has 0 aliphatic carbocycles. The maximum atomic E-state index is 13.3. The van der Waals surface area contributed by atoms with Gasteiger partial charge in [-0.25, -0.2) is 13.2 Å². The number of hydrogen-bond acceptors (Lipinski definition) is 6. The van der Waals surface area contributed by atoms with Crippen LogP contribution in [0.2, 0.25) is 0 Å². The predicted octanol–water partition coefficient (Wildman–Crippen LogP) is 5.05. The summed E-state index contributed by atoms with van der Waals surface area (Å²) >= 11 is 1.08. The smallest absolute Gasteiger partial charge is 0.337 e. The summed E-state index contributed by atoms with van der Waals surface area (Å²) in [6, 6.07) is 18.6. The monoisotopic (exact) mass is 480 g/mol. The van der Waals surface area contributed by atoms with Crippen LogP contribution in [-0.2, 0) is 14.8 Å². The molecule has 1 heterocycles. The third kappa shape index (κ3) is 4.74. The van der Waals surface area contributed by atoms with Crippen molar-refractivity contribution in [2.24, 2.45) is 0 Å². The minimum Gasteiger partial charge on any atom is -0.465 e. The van der Waals surface area contributed by atoms with Gasteiger partial charge >= 0.3 is 5.97 Å². The molecule has 9 heteroatoms. The highest BCUT2D eigenvalue weighted by atomic mass is 32.2. The van der Waals surface area contributed by atoms with E-state index in [1.807, 2.05) is 24.3 Å². The molecule has 0 radical (unpaired) electrons. The van der Waals surface area contributed by atoms with Crippen LogP contribution in [0.15, 0.2) is 76.3 Å². The molecule has 0 fully saturated rings. The molecule has 0 unspecified atom stereocenters. The molecule has 4 rings (SSSR count). The standard InChI is InChI=1S/C24H20N2O5S2/c1-15-9-10-18(24(28)31-2)14-20(15)25-23(27)19-12-16-6-3-4-7-17(16)13-21(19)26-33(29,30)22-8-5-11-32-22/h3-14,26H,1-2H3,(H,25,27). The molecular weight excluding hydrogens is 460 g/mol. The van der Waals surface area contributed by atoms with E-state index in [4.69, 9.17) is 4.74 Å². The molecule has 168 valence electrons. The number of benzene rings is 3. The Morgan fingerprint density at radius 2 is 1.64 bits per heavy atom. The van der Waals surface area contributed by atoms with Gasteiger partial charge in [0, 0.05) is 5.69 Å². The van der Waals surface area contributed by atoms with Crippen LogP contribution in [0.5, 0.6) is 0 Å². The first-order valence-corrected chi connectivity index (χ1v) is 12.2. The van der Waals surface area contributed by atoms with E-state index in [0.29, 0.717) is 5.69 Å². The van der Waals surface area contributed by atoms with Crippen molar-refractivity contribution in [3.63, 3.8) is 0 Å². The molecule has 0 saturated carbocycles. The molecule has 0 aliphatic rings. The van der Waals surface area contributed by atoms with Crippen molar-refractivity contribution in [3.8, 4) is 0 Å². The number of methoxy groups -OCH3 is 1. The SMILES string of the molecule is COC(=O)c1ccc(C)c(NC(=O)c2cc3ccccc3cc2NS(=O)(=O)c2cccs2)c1. The molecular formula is C24H20N2O5S2. The van der Waals surface area contributed by atoms with Gasteiger partial charge in [-0.1, -0.05) is 36.4 Å². The Bertz CT molecular complexity index is 1460. The lowest BCUT2D eigenvalue weighted by Crippen LogP contribution is -2.19. The predicted molar refractivity (Wildman–Crippen MR) is 130 cm³/mol. The molecule has 1 amide bonds. The van der Waals surface area contributed by atoms with E-state index in [9.17, 15) is 18.0 Å². The zero-order chi connectivity index (χ0) is 23.6. The third-order valence-electron chi connectivity index (χ3n) is 5.04. The minimum atomic E-state index is -3.87. The Balaban J connectivity index is 1.76. The Hall–Kier alpha value is -3.69. The molecule has 2 N–H and O–H groups in total. The van der Waals surface area contributed by atoms with Gasteiger partial charge in [-0.3, -0.25) is 9.52 Å². The maximum Gasteiger partial charge on any atom is 0.337 e. The van der Waals surface area contributed by atoms with Crippen LogP contribution >= 0.6 is 11.3 Å². The van der Waals surface area contributed by atoms with Gasteiger partial charge in [0.2, 0.25) is 0 Å². The first-order chi connectivity index (χ1) is 15.8. The van der Waals surface area contributed by atoms with E-state index in [-0.39, 0.29) is 21.0 Å². The van der Waals surface area contributed by atoms with Crippen LogP contribution in [-0.4, -0.2) is 27.4 Å². The number of hydrogen-bond donors (Lipinski definition) is 2. The number of thiophene rings is 1. The summed E-state index contributed by atoms with van der Waals surface area (Å²) in [5, 5.41) is 6.02. The largest absolute Gasteiger partial charge is 0.465 e. The summed E-state index contributed by atoms with van der Waals surface area (Å²) in [6.07, 6.45) is 0. The first kappa shape index (κ1) is 22.5.